The minimum absolute atomic E-state index is 0.656. The predicted octanol–water partition coefficient (Wildman–Crippen LogP) is 1.56. The van der Waals surface area contributed by atoms with Gasteiger partial charge in [-0.3, -0.25) is 0 Å². The molecule has 1 saturated carbocycles. The Kier molecular flexibility index (Phi) is 1.16. The summed E-state index contributed by atoms with van der Waals surface area (Å²) in [6.45, 7) is 1.91. The predicted molar refractivity (Wildman–Crippen MR) is 37.9 cm³/mol. The summed E-state index contributed by atoms with van der Waals surface area (Å²) in [6.07, 6.45) is 4.01. The van der Waals surface area contributed by atoms with E-state index in [1.807, 2.05) is 6.92 Å². The van der Waals surface area contributed by atoms with Gasteiger partial charge in [-0.05, 0) is 19.8 Å². The van der Waals surface area contributed by atoms with Gasteiger partial charge in [0.05, 0.1) is 0 Å². The lowest BCUT2D eigenvalue weighted by molar-refractivity contribution is 0.527. The zero-order valence-corrected chi connectivity index (χ0v) is 5.92. The van der Waals surface area contributed by atoms with Gasteiger partial charge in [0.1, 0.15) is 5.76 Å². The fourth-order valence-corrected chi connectivity index (χ4v) is 0.865. The van der Waals surface area contributed by atoms with Crippen LogP contribution in [-0.2, 0) is 0 Å². The molecule has 1 aromatic heterocycles. The molecule has 1 heterocycles. The average Bonchev–Trinajstić information content (AvgIpc) is 2.62. The van der Waals surface area contributed by atoms with Crippen LogP contribution in [0.15, 0.2) is 10.8 Å². The monoisotopic (exact) mass is 138 g/mol. The van der Waals surface area contributed by atoms with E-state index >= 15 is 0 Å². The van der Waals surface area contributed by atoms with Crippen molar-refractivity contribution in [3.8, 4) is 0 Å². The summed E-state index contributed by atoms with van der Waals surface area (Å²) >= 11 is 0. The molecule has 1 fully saturated rings. The first-order valence-electron chi connectivity index (χ1n) is 3.53. The van der Waals surface area contributed by atoms with Crippen LogP contribution >= 0.6 is 0 Å². The quantitative estimate of drug-likeness (QED) is 0.673. The van der Waals surface area contributed by atoms with Crippen molar-refractivity contribution in [2.45, 2.75) is 25.8 Å². The molecule has 0 bridgehead atoms. The highest BCUT2D eigenvalue weighted by Crippen LogP contribution is 2.25. The smallest absolute Gasteiger partial charge is 0.183 e. The Morgan fingerprint density at radius 1 is 1.70 bits per heavy atom. The number of hydrogen-bond acceptors (Lipinski definition) is 3. The normalized spacial score (nSPS) is 17.3. The highest BCUT2D eigenvalue weighted by atomic mass is 16.3. The van der Waals surface area contributed by atoms with E-state index < -0.39 is 0 Å². The summed E-state index contributed by atoms with van der Waals surface area (Å²) in [5.74, 6) is 1.79. The second kappa shape index (κ2) is 2.01. The standard InChI is InChI=1S/C7H10N2O/c1-5-7(8-4-10-5)9-6-2-3-6/h4,6,9H,2-3H2,1H3. The number of nitrogens with zero attached hydrogens (tertiary/aromatic N) is 1. The Morgan fingerprint density at radius 2 is 2.50 bits per heavy atom. The third-order valence-corrected chi connectivity index (χ3v) is 1.66. The molecule has 0 aliphatic heterocycles. The van der Waals surface area contributed by atoms with E-state index in [0.717, 1.165) is 11.6 Å². The lowest BCUT2D eigenvalue weighted by Gasteiger charge is -1.97. The molecule has 1 aromatic rings. The number of oxazole rings is 1. The van der Waals surface area contributed by atoms with Crippen LogP contribution in [0.4, 0.5) is 5.82 Å². The molecule has 54 valence electrons. The maximum atomic E-state index is 5.02. The maximum absolute atomic E-state index is 5.02. The fraction of sp³-hybridized carbons (Fsp3) is 0.571. The van der Waals surface area contributed by atoms with Gasteiger partial charge in [0.15, 0.2) is 12.2 Å². The lowest BCUT2D eigenvalue weighted by atomic mass is 10.5. The summed E-state index contributed by atoms with van der Waals surface area (Å²) in [5.41, 5.74) is 0. The van der Waals surface area contributed by atoms with E-state index in [-0.39, 0.29) is 0 Å². The van der Waals surface area contributed by atoms with Crippen LogP contribution < -0.4 is 5.32 Å². The molecular formula is C7H10N2O. The second-order valence-electron chi connectivity index (χ2n) is 2.68. The molecule has 1 aliphatic rings. The van der Waals surface area contributed by atoms with E-state index in [4.69, 9.17) is 4.42 Å². The van der Waals surface area contributed by atoms with E-state index in [9.17, 15) is 0 Å². The first-order chi connectivity index (χ1) is 4.86. The molecular weight excluding hydrogens is 128 g/mol. The van der Waals surface area contributed by atoms with Gasteiger partial charge in [-0.25, -0.2) is 0 Å². The summed E-state index contributed by atoms with van der Waals surface area (Å²) in [6, 6.07) is 0.656. The van der Waals surface area contributed by atoms with Gasteiger partial charge in [0, 0.05) is 6.04 Å². The Labute approximate surface area is 59.4 Å². The van der Waals surface area contributed by atoms with Crippen LogP contribution in [0.25, 0.3) is 0 Å². The minimum atomic E-state index is 0.656. The first-order valence-corrected chi connectivity index (χ1v) is 3.53. The molecule has 0 saturated heterocycles. The molecule has 0 atom stereocenters. The highest BCUT2D eigenvalue weighted by Gasteiger charge is 2.22. The van der Waals surface area contributed by atoms with Gasteiger partial charge >= 0.3 is 0 Å². The summed E-state index contributed by atoms with van der Waals surface area (Å²) in [4.78, 5) is 4.02. The lowest BCUT2D eigenvalue weighted by Crippen LogP contribution is -2.01. The number of nitrogens with one attached hydrogen (secondary N) is 1. The van der Waals surface area contributed by atoms with Crippen LogP contribution in [0.5, 0.6) is 0 Å². The van der Waals surface area contributed by atoms with Crippen LogP contribution in [0.2, 0.25) is 0 Å². The Hall–Kier alpha value is -0.990. The largest absolute Gasteiger partial charge is 0.446 e. The number of anilines is 1. The van der Waals surface area contributed by atoms with Crippen molar-refractivity contribution in [2.24, 2.45) is 0 Å². The summed E-state index contributed by atoms with van der Waals surface area (Å²) in [7, 11) is 0. The van der Waals surface area contributed by atoms with Crippen LogP contribution in [0, 0.1) is 6.92 Å². The van der Waals surface area contributed by atoms with Crippen LogP contribution in [-0.4, -0.2) is 11.0 Å². The van der Waals surface area contributed by atoms with Crippen LogP contribution in [0.3, 0.4) is 0 Å². The topological polar surface area (TPSA) is 38.1 Å². The van der Waals surface area contributed by atoms with Crippen molar-refractivity contribution in [3.63, 3.8) is 0 Å². The van der Waals surface area contributed by atoms with Gasteiger partial charge in [0.25, 0.3) is 0 Å². The maximum Gasteiger partial charge on any atom is 0.183 e. The van der Waals surface area contributed by atoms with Gasteiger partial charge < -0.3 is 9.73 Å². The molecule has 1 aliphatic carbocycles. The van der Waals surface area contributed by atoms with Crippen molar-refractivity contribution < 1.29 is 4.42 Å². The van der Waals surface area contributed by atoms with Crippen molar-refractivity contribution in [1.29, 1.82) is 0 Å². The summed E-state index contributed by atoms with van der Waals surface area (Å²) in [5, 5.41) is 3.26. The van der Waals surface area contributed by atoms with E-state index in [1.54, 1.807) is 0 Å². The molecule has 0 spiro atoms. The van der Waals surface area contributed by atoms with Gasteiger partial charge in [-0.1, -0.05) is 0 Å². The molecule has 10 heavy (non-hydrogen) atoms. The van der Waals surface area contributed by atoms with Gasteiger partial charge in [0.2, 0.25) is 0 Å². The molecule has 3 nitrogen and oxygen atoms in total. The SMILES string of the molecule is Cc1ocnc1NC1CC1. The van der Waals surface area contributed by atoms with Crippen molar-refractivity contribution in [3.05, 3.63) is 12.2 Å². The van der Waals surface area contributed by atoms with E-state index in [0.29, 0.717) is 6.04 Å². The van der Waals surface area contributed by atoms with Crippen molar-refractivity contribution in [2.75, 3.05) is 5.32 Å². The van der Waals surface area contributed by atoms with E-state index in [2.05, 4.69) is 10.3 Å². The first kappa shape index (κ1) is 5.77. The van der Waals surface area contributed by atoms with Gasteiger partial charge in [-0.2, -0.15) is 4.98 Å². The molecule has 1 N–H and O–H groups in total. The molecule has 0 amide bonds. The molecule has 0 unspecified atom stereocenters. The average molecular weight is 138 g/mol. The molecule has 3 heteroatoms. The third kappa shape index (κ3) is 0.988. The van der Waals surface area contributed by atoms with Crippen molar-refractivity contribution in [1.82, 2.24) is 4.98 Å². The van der Waals surface area contributed by atoms with Crippen LogP contribution in [0.1, 0.15) is 18.6 Å². The number of aryl methyl sites for hydroxylation is 1. The number of aromatic nitrogens is 1. The minimum Gasteiger partial charge on any atom is -0.446 e. The van der Waals surface area contributed by atoms with Gasteiger partial charge in [-0.15, -0.1) is 0 Å². The second-order valence-corrected chi connectivity index (χ2v) is 2.68. The van der Waals surface area contributed by atoms with E-state index in [1.165, 1.54) is 19.2 Å². The fourth-order valence-electron chi connectivity index (χ4n) is 0.865. The Balaban J connectivity index is 2.08. The summed E-state index contributed by atoms with van der Waals surface area (Å²) < 4.78 is 5.02. The number of rotatable bonds is 2. The zero-order chi connectivity index (χ0) is 6.97. The Bertz CT molecular complexity index is 227. The molecule has 0 aromatic carbocycles. The number of hydrogen-bond donors (Lipinski definition) is 1. The third-order valence-electron chi connectivity index (χ3n) is 1.66. The highest BCUT2D eigenvalue weighted by molar-refractivity contribution is 5.39. The Morgan fingerprint density at radius 3 is 3.00 bits per heavy atom. The molecule has 0 radical (unpaired) electrons. The molecule has 2 rings (SSSR count). The zero-order valence-electron chi connectivity index (χ0n) is 5.92. The van der Waals surface area contributed by atoms with Crippen molar-refractivity contribution >= 4 is 5.82 Å².